The van der Waals surface area contributed by atoms with Gasteiger partial charge in [-0.15, -0.1) is 0 Å². The van der Waals surface area contributed by atoms with Gasteiger partial charge in [-0.3, -0.25) is 4.79 Å². The van der Waals surface area contributed by atoms with E-state index in [0.717, 1.165) is 3.57 Å². The minimum Gasteiger partial charge on any atom is -0.494 e. The van der Waals surface area contributed by atoms with E-state index in [-0.39, 0.29) is 5.56 Å². The van der Waals surface area contributed by atoms with Gasteiger partial charge in [0.25, 0.3) is 0 Å². The van der Waals surface area contributed by atoms with Crippen LogP contribution in [0.15, 0.2) is 17.1 Å². The van der Waals surface area contributed by atoms with Gasteiger partial charge in [0.15, 0.2) is 0 Å². The molecule has 0 bridgehead atoms. The molecule has 1 rings (SSSR count). The number of methoxy groups -OCH3 is 1. The molecular formula is C6H6INO2. The van der Waals surface area contributed by atoms with Crippen molar-refractivity contribution in [3.63, 3.8) is 0 Å². The third kappa shape index (κ3) is 1.50. The molecule has 0 amide bonds. The summed E-state index contributed by atoms with van der Waals surface area (Å²) in [5.41, 5.74) is -0.106. The van der Waals surface area contributed by atoms with Crippen molar-refractivity contribution in [3.8, 4) is 5.75 Å². The molecule has 0 aliphatic heterocycles. The van der Waals surface area contributed by atoms with E-state index in [1.54, 1.807) is 13.3 Å². The van der Waals surface area contributed by atoms with E-state index in [0.29, 0.717) is 5.75 Å². The molecule has 1 aromatic rings. The summed E-state index contributed by atoms with van der Waals surface area (Å²) in [4.78, 5) is 13.1. The van der Waals surface area contributed by atoms with Gasteiger partial charge in [-0.05, 0) is 22.6 Å². The third-order valence-electron chi connectivity index (χ3n) is 1.06. The molecule has 0 aliphatic carbocycles. The summed E-state index contributed by atoms with van der Waals surface area (Å²) < 4.78 is 5.75. The van der Waals surface area contributed by atoms with Crippen molar-refractivity contribution in [2.45, 2.75) is 0 Å². The fourth-order valence-electron chi connectivity index (χ4n) is 0.590. The van der Waals surface area contributed by atoms with Gasteiger partial charge in [-0.2, -0.15) is 0 Å². The van der Waals surface area contributed by atoms with Gasteiger partial charge in [0.2, 0.25) is 5.56 Å². The molecule has 0 saturated heterocycles. The van der Waals surface area contributed by atoms with Crippen LogP contribution in [0.2, 0.25) is 0 Å². The molecule has 0 saturated carbocycles. The maximum absolute atomic E-state index is 10.6. The van der Waals surface area contributed by atoms with Gasteiger partial charge >= 0.3 is 0 Å². The number of hydrogen-bond donors (Lipinski definition) is 1. The molecule has 0 radical (unpaired) electrons. The molecule has 0 spiro atoms. The summed E-state index contributed by atoms with van der Waals surface area (Å²) in [6.07, 6.45) is 1.55. The van der Waals surface area contributed by atoms with Crippen LogP contribution in [0, 0.1) is 3.57 Å². The second-order valence-electron chi connectivity index (χ2n) is 1.71. The smallest absolute Gasteiger partial charge is 0.249 e. The number of ether oxygens (including phenoxy) is 1. The molecule has 1 heterocycles. The lowest BCUT2D eigenvalue weighted by atomic mass is 10.5. The zero-order valence-electron chi connectivity index (χ0n) is 5.35. The SMILES string of the molecule is COc1c[nH]c(=O)cc1I. The van der Waals surface area contributed by atoms with E-state index >= 15 is 0 Å². The van der Waals surface area contributed by atoms with E-state index in [1.807, 2.05) is 22.6 Å². The maximum atomic E-state index is 10.6. The molecule has 10 heavy (non-hydrogen) atoms. The van der Waals surface area contributed by atoms with Crippen molar-refractivity contribution in [2.75, 3.05) is 7.11 Å². The number of halogens is 1. The second kappa shape index (κ2) is 3.05. The molecule has 1 N–H and O–H groups in total. The molecule has 0 aliphatic rings. The molecule has 4 heteroatoms. The number of hydrogen-bond acceptors (Lipinski definition) is 2. The number of pyridine rings is 1. The summed E-state index contributed by atoms with van der Waals surface area (Å²) in [5.74, 6) is 0.695. The van der Waals surface area contributed by atoms with Crippen LogP contribution in [0.3, 0.4) is 0 Å². The lowest BCUT2D eigenvalue weighted by Crippen LogP contribution is -2.04. The van der Waals surface area contributed by atoms with E-state index in [4.69, 9.17) is 4.74 Å². The number of aromatic amines is 1. The van der Waals surface area contributed by atoms with Crippen LogP contribution in [0.5, 0.6) is 5.75 Å². The minimum absolute atomic E-state index is 0.106. The van der Waals surface area contributed by atoms with Gasteiger partial charge in [0.05, 0.1) is 10.7 Å². The van der Waals surface area contributed by atoms with Crippen LogP contribution in [0.1, 0.15) is 0 Å². The molecule has 0 aromatic carbocycles. The molecule has 0 unspecified atom stereocenters. The number of aromatic nitrogens is 1. The molecule has 1 aromatic heterocycles. The predicted octanol–water partition coefficient (Wildman–Crippen LogP) is 0.988. The van der Waals surface area contributed by atoms with E-state index in [9.17, 15) is 4.79 Å². The Morgan fingerprint density at radius 2 is 2.40 bits per heavy atom. The Hall–Kier alpha value is -0.520. The van der Waals surface area contributed by atoms with Crippen LogP contribution >= 0.6 is 22.6 Å². The summed E-state index contributed by atoms with van der Waals surface area (Å²) in [5, 5.41) is 0. The Morgan fingerprint density at radius 1 is 1.70 bits per heavy atom. The van der Waals surface area contributed by atoms with Crippen LogP contribution in [-0.4, -0.2) is 12.1 Å². The normalized spacial score (nSPS) is 9.40. The average molecular weight is 251 g/mol. The second-order valence-corrected chi connectivity index (χ2v) is 2.88. The maximum Gasteiger partial charge on any atom is 0.249 e. The van der Waals surface area contributed by atoms with E-state index in [2.05, 4.69) is 4.98 Å². The van der Waals surface area contributed by atoms with Gasteiger partial charge in [-0.1, -0.05) is 0 Å². The van der Waals surface area contributed by atoms with E-state index < -0.39 is 0 Å². The largest absolute Gasteiger partial charge is 0.494 e. The highest BCUT2D eigenvalue weighted by molar-refractivity contribution is 14.1. The monoisotopic (exact) mass is 251 g/mol. The predicted molar refractivity (Wildman–Crippen MR) is 46.3 cm³/mol. The highest BCUT2D eigenvalue weighted by Gasteiger charge is 1.97. The Bertz CT molecular complexity index is 281. The van der Waals surface area contributed by atoms with Crippen molar-refractivity contribution in [1.29, 1.82) is 0 Å². The quantitative estimate of drug-likeness (QED) is 0.756. The van der Waals surface area contributed by atoms with Gasteiger partial charge in [0, 0.05) is 12.3 Å². The lowest BCUT2D eigenvalue weighted by molar-refractivity contribution is 0.409. The zero-order valence-corrected chi connectivity index (χ0v) is 7.51. The first-order valence-corrected chi connectivity index (χ1v) is 3.74. The first-order chi connectivity index (χ1) is 4.74. The topological polar surface area (TPSA) is 42.1 Å². The summed E-state index contributed by atoms with van der Waals surface area (Å²) in [7, 11) is 1.57. The Labute approximate surface area is 71.6 Å². The van der Waals surface area contributed by atoms with Gasteiger partial charge in [0.1, 0.15) is 5.75 Å². The zero-order chi connectivity index (χ0) is 7.56. The first kappa shape index (κ1) is 7.59. The molecule has 3 nitrogen and oxygen atoms in total. The summed E-state index contributed by atoms with van der Waals surface area (Å²) in [6, 6.07) is 1.49. The fraction of sp³-hybridized carbons (Fsp3) is 0.167. The van der Waals surface area contributed by atoms with E-state index in [1.165, 1.54) is 6.07 Å². The van der Waals surface area contributed by atoms with Gasteiger partial charge < -0.3 is 9.72 Å². The summed E-state index contributed by atoms with van der Waals surface area (Å²) >= 11 is 2.04. The molecule has 0 atom stereocenters. The Kier molecular flexibility index (Phi) is 2.31. The molecule has 54 valence electrons. The molecule has 0 fully saturated rings. The lowest BCUT2D eigenvalue weighted by Gasteiger charge is -1.98. The molecular weight excluding hydrogens is 245 g/mol. The standard InChI is InChI=1S/C6H6INO2/c1-10-5-3-8-6(9)2-4(5)7/h2-3H,1H3,(H,8,9). The first-order valence-electron chi connectivity index (χ1n) is 2.66. The highest BCUT2D eigenvalue weighted by Crippen LogP contribution is 2.15. The third-order valence-corrected chi connectivity index (χ3v) is 1.90. The minimum atomic E-state index is -0.106. The van der Waals surface area contributed by atoms with Crippen LogP contribution in [0.4, 0.5) is 0 Å². The Morgan fingerprint density at radius 3 is 2.90 bits per heavy atom. The highest BCUT2D eigenvalue weighted by atomic mass is 127. The fourth-order valence-corrected chi connectivity index (χ4v) is 1.25. The van der Waals surface area contributed by atoms with Crippen molar-refractivity contribution in [1.82, 2.24) is 4.98 Å². The number of H-pyrrole nitrogens is 1. The van der Waals surface area contributed by atoms with Crippen LogP contribution < -0.4 is 10.3 Å². The van der Waals surface area contributed by atoms with Crippen molar-refractivity contribution < 1.29 is 4.74 Å². The number of rotatable bonds is 1. The Balaban J connectivity index is 3.19. The van der Waals surface area contributed by atoms with Crippen LogP contribution in [0.25, 0.3) is 0 Å². The van der Waals surface area contributed by atoms with Crippen molar-refractivity contribution >= 4 is 22.6 Å². The van der Waals surface area contributed by atoms with Crippen molar-refractivity contribution in [3.05, 3.63) is 26.2 Å². The van der Waals surface area contributed by atoms with Crippen LogP contribution in [-0.2, 0) is 0 Å². The van der Waals surface area contributed by atoms with Crippen molar-refractivity contribution in [2.24, 2.45) is 0 Å². The van der Waals surface area contributed by atoms with Gasteiger partial charge in [-0.25, -0.2) is 0 Å². The number of nitrogens with one attached hydrogen (secondary N) is 1. The average Bonchev–Trinajstić information content (AvgIpc) is 1.88. The summed E-state index contributed by atoms with van der Waals surface area (Å²) in [6.45, 7) is 0.